The van der Waals surface area contributed by atoms with Crippen molar-refractivity contribution < 1.29 is 4.79 Å². The molecule has 108 valence electrons. The lowest BCUT2D eigenvalue weighted by Crippen LogP contribution is -2.23. The van der Waals surface area contributed by atoms with Gasteiger partial charge in [-0.15, -0.1) is 0 Å². The second-order valence-corrected chi connectivity index (χ2v) is 7.31. The highest BCUT2D eigenvalue weighted by atomic mass is 35.5. The molecular weight excluding hydrogens is 292 g/mol. The second kappa shape index (κ2) is 5.34. The number of nitrogens with zero attached hydrogens (tertiary/aromatic N) is 2. The summed E-state index contributed by atoms with van der Waals surface area (Å²) in [5, 5.41) is 0.716. The quantitative estimate of drug-likeness (QED) is 0.779. The molecule has 20 heavy (non-hydrogen) atoms. The van der Waals surface area contributed by atoms with Crippen LogP contribution >= 0.6 is 22.9 Å². The van der Waals surface area contributed by atoms with Crippen LogP contribution in [0.4, 0.5) is 0 Å². The molecule has 0 bridgehead atoms. The normalized spacial score (nSPS) is 13.2. The van der Waals surface area contributed by atoms with Gasteiger partial charge in [-0.25, -0.2) is 0 Å². The first-order chi connectivity index (χ1) is 9.24. The monoisotopic (exact) mass is 310 g/mol. The summed E-state index contributed by atoms with van der Waals surface area (Å²) < 4.78 is 3.15. The molecule has 1 amide bonds. The molecule has 1 heterocycles. The Morgan fingerprint density at radius 2 is 2.05 bits per heavy atom. The van der Waals surface area contributed by atoms with E-state index in [0.717, 1.165) is 27.1 Å². The number of amides is 1. The van der Waals surface area contributed by atoms with Gasteiger partial charge in [0, 0.05) is 17.0 Å². The Kier molecular flexibility index (Phi) is 4.07. The number of fused-ring (bicyclic) bond motifs is 1. The summed E-state index contributed by atoms with van der Waals surface area (Å²) in [6.45, 7) is 10.5. The van der Waals surface area contributed by atoms with Crippen molar-refractivity contribution in [2.24, 2.45) is 10.4 Å². The van der Waals surface area contributed by atoms with E-state index in [1.165, 1.54) is 11.3 Å². The molecule has 1 aromatic heterocycles. The van der Waals surface area contributed by atoms with Crippen LogP contribution in [-0.2, 0) is 11.3 Å². The van der Waals surface area contributed by atoms with Gasteiger partial charge in [-0.1, -0.05) is 43.7 Å². The van der Waals surface area contributed by atoms with Crippen molar-refractivity contribution in [1.82, 2.24) is 4.57 Å². The highest BCUT2D eigenvalue weighted by Gasteiger charge is 2.21. The summed E-state index contributed by atoms with van der Waals surface area (Å²) >= 11 is 7.62. The van der Waals surface area contributed by atoms with Crippen LogP contribution in [0.25, 0.3) is 10.2 Å². The van der Waals surface area contributed by atoms with Gasteiger partial charge in [-0.3, -0.25) is 4.79 Å². The van der Waals surface area contributed by atoms with E-state index in [1.54, 1.807) is 0 Å². The molecule has 1 aromatic carbocycles. The van der Waals surface area contributed by atoms with E-state index in [9.17, 15) is 4.79 Å². The van der Waals surface area contributed by atoms with Crippen LogP contribution in [0.1, 0.15) is 33.3 Å². The zero-order valence-corrected chi connectivity index (χ0v) is 14.0. The number of carbonyl (C=O) groups is 1. The molecule has 2 aromatic rings. The number of halogens is 1. The van der Waals surface area contributed by atoms with Crippen LogP contribution in [0.5, 0.6) is 0 Å². The van der Waals surface area contributed by atoms with Gasteiger partial charge in [-0.2, -0.15) is 4.99 Å². The van der Waals surface area contributed by atoms with Gasteiger partial charge in [0.05, 0.1) is 10.2 Å². The van der Waals surface area contributed by atoms with E-state index in [-0.39, 0.29) is 5.91 Å². The SMILES string of the molecule is CCn1c(=NC(=O)C(C)(C)C)sc2cc(Cl)cc(C)c21. The Balaban J connectivity index is 2.75. The Bertz CT molecular complexity index is 735. The third-order valence-corrected chi connectivity index (χ3v) is 4.33. The number of rotatable bonds is 1. The summed E-state index contributed by atoms with van der Waals surface area (Å²) in [5.41, 5.74) is 1.76. The molecule has 0 atom stereocenters. The molecule has 0 aliphatic carbocycles. The van der Waals surface area contributed by atoms with E-state index < -0.39 is 5.41 Å². The minimum Gasteiger partial charge on any atom is -0.316 e. The first-order valence-electron chi connectivity index (χ1n) is 6.62. The molecule has 0 fully saturated rings. The maximum atomic E-state index is 12.1. The minimum absolute atomic E-state index is 0.102. The summed E-state index contributed by atoms with van der Waals surface area (Å²) in [4.78, 5) is 17.2. The van der Waals surface area contributed by atoms with Crippen molar-refractivity contribution in [3.8, 4) is 0 Å². The predicted octanol–water partition coefficient (Wildman–Crippen LogP) is 4.16. The van der Waals surface area contributed by atoms with Gasteiger partial charge in [0.15, 0.2) is 4.80 Å². The van der Waals surface area contributed by atoms with Crippen LogP contribution in [-0.4, -0.2) is 10.5 Å². The van der Waals surface area contributed by atoms with Crippen molar-refractivity contribution in [3.05, 3.63) is 27.5 Å². The lowest BCUT2D eigenvalue weighted by molar-refractivity contribution is -0.125. The number of carbonyl (C=O) groups excluding carboxylic acids is 1. The lowest BCUT2D eigenvalue weighted by atomic mass is 9.96. The fourth-order valence-corrected chi connectivity index (χ4v) is 3.56. The van der Waals surface area contributed by atoms with Crippen LogP contribution in [0.15, 0.2) is 17.1 Å². The molecule has 0 spiro atoms. The molecule has 0 N–H and O–H groups in total. The van der Waals surface area contributed by atoms with Gasteiger partial charge in [0.25, 0.3) is 5.91 Å². The first-order valence-corrected chi connectivity index (χ1v) is 7.82. The zero-order chi connectivity index (χ0) is 15.1. The molecule has 3 nitrogen and oxygen atoms in total. The summed E-state index contributed by atoms with van der Waals surface area (Å²) in [7, 11) is 0. The van der Waals surface area contributed by atoms with E-state index in [2.05, 4.69) is 16.5 Å². The first kappa shape index (κ1) is 15.3. The Labute approximate surface area is 127 Å². The Morgan fingerprint density at radius 1 is 1.40 bits per heavy atom. The molecular formula is C15H19ClN2OS. The maximum Gasteiger partial charge on any atom is 0.253 e. The van der Waals surface area contributed by atoms with Gasteiger partial charge >= 0.3 is 0 Å². The number of hydrogen-bond acceptors (Lipinski definition) is 2. The summed E-state index contributed by atoms with van der Waals surface area (Å²) in [6, 6.07) is 3.87. The number of hydrogen-bond donors (Lipinski definition) is 0. The van der Waals surface area contributed by atoms with Crippen LogP contribution in [0.3, 0.4) is 0 Å². The van der Waals surface area contributed by atoms with E-state index in [1.807, 2.05) is 39.8 Å². The summed E-state index contributed by atoms with van der Waals surface area (Å²) in [6.07, 6.45) is 0. The smallest absolute Gasteiger partial charge is 0.253 e. The van der Waals surface area contributed by atoms with Crippen LogP contribution < -0.4 is 4.80 Å². The van der Waals surface area contributed by atoms with Crippen molar-refractivity contribution in [2.75, 3.05) is 0 Å². The Morgan fingerprint density at radius 3 is 2.60 bits per heavy atom. The number of aromatic nitrogens is 1. The summed E-state index contributed by atoms with van der Waals surface area (Å²) in [5.74, 6) is -0.102. The second-order valence-electron chi connectivity index (χ2n) is 5.87. The van der Waals surface area contributed by atoms with E-state index >= 15 is 0 Å². The number of benzene rings is 1. The largest absolute Gasteiger partial charge is 0.316 e. The van der Waals surface area contributed by atoms with Crippen LogP contribution in [0, 0.1) is 12.3 Å². The number of thiazole rings is 1. The van der Waals surface area contributed by atoms with Crippen molar-refractivity contribution in [2.45, 2.75) is 41.2 Å². The Hall–Kier alpha value is -1.13. The highest BCUT2D eigenvalue weighted by molar-refractivity contribution is 7.16. The van der Waals surface area contributed by atoms with Gasteiger partial charge in [0.1, 0.15) is 0 Å². The van der Waals surface area contributed by atoms with Crippen molar-refractivity contribution >= 4 is 39.1 Å². The van der Waals surface area contributed by atoms with Gasteiger partial charge in [0.2, 0.25) is 0 Å². The molecule has 0 aliphatic rings. The third kappa shape index (κ3) is 2.81. The number of aryl methyl sites for hydroxylation is 2. The molecule has 0 saturated heterocycles. The molecule has 2 rings (SSSR count). The fourth-order valence-electron chi connectivity index (χ4n) is 2.01. The standard InChI is InChI=1S/C15H19ClN2OS/c1-6-18-12-9(2)7-10(16)8-11(12)20-14(18)17-13(19)15(3,4)5/h7-8H,6H2,1-5H3. The van der Waals surface area contributed by atoms with Crippen molar-refractivity contribution in [3.63, 3.8) is 0 Å². The molecule has 5 heteroatoms. The molecule has 0 radical (unpaired) electrons. The predicted molar refractivity (Wildman–Crippen MR) is 85.3 cm³/mol. The fraction of sp³-hybridized carbons (Fsp3) is 0.467. The maximum absolute atomic E-state index is 12.1. The van der Waals surface area contributed by atoms with Gasteiger partial charge < -0.3 is 4.57 Å². The highest BCUT2D eigenvalue weighted by Crippen LogP contribution is 2.26. The molecule has 0 unspecified atom stereocenters. The zero-order valence-electron chi connectivity index (χ0n) is 12.5. The van der Waals surface area contributed by atoms with Gasteiger partial charge in [-0.05, 0) is 31.5 Å². The lowest BCUT2D eigenvalue weighted by Gasteiger charge is -2.11. The van der Waals surface area contributed by atoms with Crippen LogP contribution in [0.2, 0.25) is 5.02 Å². The average Bonchev–Trinajstić information content (AvgIpc) is 2.65. The van der Waals surface area contributed by atoms with E-state index in [0.29, 0.717) is 5.02 Å². The van der Waals surface area contributed by atoms with Crippen molar-refractivity contribution in [1.29, 1.82) is 0 Å². The average molecular weight is 311 g/mol. The third-order valence-electron chi connectivity index (χ3n) is 3.09. The minimum atomic E-state index is -0.464. The molecule has 0 aliphatic heterocycles. The molecule has 0 saturated carbocycles. The topological polar surface area (TPSA) is 34.4 Å². The van der Waals surface area contributed by atoms with E-state index in [4.69, 9.17) is 11.6 Å².